The van der Waals surface area contributed by atoms with Gasteiger partial charge >= 0.3 is 5.97 Å². The first-order valence-electron chi connectivity index (χ1n) is 10.5. The lowest BCUT2D eigenvalue weighted by molar-refractivity contribution is -0.143. The fourth-order valence-electron chi connectivity index (χ4n) is 3.54. The Bertz CT molecular complexity index is 1290. The second kappa shape index (κ2) is 10.0. The molecule has 0 radical (unpaired) electrons. The Morgan fingerprint density at radius 1 is 1.00 bits per heavy atom. The molecule has 1 amide bonds. The van der Waals surface area contributed by atoms with Gasteiger partial charge in [0.25, 0.3) is 5.91 Å². The van der Waals surface area contributed by atoms with Gasteiger partial charge in [0.1, 0.15) is 19.8 Å². The Morgan fingerprint density at radius 2 is 1.65 bits per heavy atom. The van der Waals surface area contributed by atoms with Gasteiger partial charge in [0.2, 0.25) is 5.75 Å². The quantitative estimate of drug-likeness (QED) is 0.468. The molecule has 10 nitrogen and oxygen atoms in total. The van der Waals surface area contributed by atoms with Crippen molar-refractivity contribution in [2.75, 3.05) is 41.2 Å². The molecule has 1 aromatic heterocycles. The fourth-order valence-corrected chi connectivity index (χ4v) is 4.57. The molecule has 1 aliphatic rings. The first-order valence-corrected chi connectivity index (χ1v) is 11.3. The molecule has 3 aromatic rings. The van der Waals surface area contributed by atoms with E-state index < -0.39 is 11.9 Å². The molecular formula is C23H24N2O8S. The minimum absolute atomic E-state index is 0.116. The smallest absolute Gasteiger partial charge is 0.326 e. The Labute approximate surface area is 199 Å². The zero-order chi connectivity index (χ0) is 24.2. The van der Waals surface area contributed by atoms with Crippen LogP contribution < -0.4 is 28.5 Å². The number of carbonyl (C=O) groups excluding carboxylic acids is 2. The second-order valence-corrected chi connectivity index (χ2v) is 8.08. The van der Waals surface area contributed by atoms with E-state index in [0.717, 1.165) is 4.70 Å². The van der Waals surface area contributed by atoms with Crippen LogP contribution in [-0.2, 0) is 16.1 Å². The fraction of sp³-hybridized carbons (Fsp3) is 0.348. The highest BCUT2D eigenvalue weighted by atomic mass is 32.1. The maximum Gasteiger partial charge on any atom is 0.326 e. The Hall–Kier alpha value is -3.73. The number of carbonyl (C=O) groups is 2. The van der Waals surface area contributed by atoms with E-state index in [1.54, 1.807) is 17.6 Å². The Kier molecular flexibility index (Phi) is 6.92. The van der Waals surface area contributed by atoms with Crippen LogP contribution >= 0.6 is 11.3 Å². The molecule has 0 aliphatic carbocycles. The van der Waals surface area contributed by atoms with E-state index in [2.05, 4.69) is 4.99 Å². The van der Waals surface area contributed by atoms with Crippen molar-refractivity contribution in [1.82, 2.24) is 4.57 Å². The molecule has 180 valence electrons. The molecule has 1 aliphatic heterocycles. The van der Waals surface area contributed by atoms with Crippen molar-refractivity contribution >= 4 is 33.4 Å². The Balaban J connectivity index is 1.84. The highest BCUT2D eigenvalue weighted by Gasteiger charge is 2.20. The van der Waals surface area contributed by atoms with E-state index in [1.165, 1.54) is 44.8 Å². The normalized spacial score (nSPS) is 13.0. The van der Waals surface area contributed by atoms with Crippen LogP contribution in [-0.4, -0.2) is 57.6 Å². The number of hydrogen-bond acceptors (Lipinski definition) is 9. The summed E-state index contributed by atoms with van der Waals surface area (Å²) in [4.78, 5) is 30.1. The molecule has 0 saturated heterocycles. The summed E-state index contributed by atoms with van der Waals surface area (Å²) in [5.74, 6) is 1.21. The second-order valence-electron chi connectivity index (χ2n) is 7.07. The van der Waals surface area contributed by atoms with Crippen LogP contribution in [0.5, 0.6) is 28.7 Å². The van der Waals surface area contributed by atoms with Crippen molar-refractivity contribution in [1.29, 1.82) is 0 Å². The van der Waals surface area contributed by atoms with Crippen LogP contribution in [0.4, 0.5) is 0 Å². The van der Waals surface area contributed by atoms with Gasteiger partial charge in [-0.05, 0) is 19.1 Å². The van der Waals surface area contributed by atoms with Crippen LogP contribution in [0.1, 0.15) is 17.3 Å². The molecule has 0 unspecified atom stereocenters. The number of methoxy groups -OCH3 is 3. The first kappa shape index (κ1) is 23.4. The van der Waals surface area contributed by atoms with E-state index in [1.807, 2.05) is 6.07 Å². The molecule has 0 fully saturated rings. The topological polar surface area (TPSA) is 107 Å². The van der Waals surface area contributed by atoms with Gasteiger partial charge in [-0.3, -0.25) is 9.59 Å². The van der Waals surface area contributed by atoms with E-state index in [9.17, 15) is 9.59 Å². The molecule has 34 heavy (non-hydrogen) atoms. The van der Waals surface area contributed by atoms with E-state index in [4.69, 9.17) is 28.4 Å². The van der Waals surface area contributed by atoms with Gasteiger partial charge in [0, 0.05) is 17.7 Å². The number of esters is 1. The molecule has 4 rings (SSSR count). The SMILES string of the molecule is CCOC(=O)Cn1c(=NC(=O)c2cc(OC)c(OC)c(OC)c2)sc2cc3c(cc21)OCCO3. The lowest BCUT2D eigenvalue weighted by atomic mass is 10.1. The van der Waals surface area contributed by atoms with Gasteiger partial charge in [-0.2, -0.15) is 4.99 Å². The summed E-state index contributed by atoms with van der Waals surface area (Å²) in [6.07, 6.45) is 0. The number of benzene rings is 2. The standard InChI is InChI=1S/C23H24N2O8S/c1-5-31-20(26)12-25-14-10-15-16(33-7-6-32-15)11-19(14)34-23(25)24-22(27)13-8-17(28-2)21(30-4)18(9-13)29-3/h8-11H,5-7,12H2,1-4H3. The predicted octanol–water partition coefficient (Wildman–Crippen LogP) is 2.80. The van der Waals surface area contributed by atoms with Crippen LogP contribution in [0.3, 0.4) is 0 Å². The number of aromatic nitrogens is 1. The lowest BCUT2D eigenvalue weighted by Gasteiger charge is -2.18. The Morgan fingerprint density at radius 3 is 2.24 bits per heavy atom. The molecule has 2 aromatic carbocycles. The van der Waals surface area contributed by atoms with Gasteiger partial charge in [-0.1, -0.05) is 11.3 Å². The summed E-state index contributed by atoms with van der Waals surface area (Å²) < 4.78 is 34.9. The molecule has 0 spiro atoms. The average Bonchev–Trinajstić information content (AvgIpc) is 3.16. The minimum Gasteiger partial charge on any atom is -0.493 e. The zero-order valence-electron chi connectivity index (χ0n) is 19.2. The number of ether oxygens (including phenoxy) is 6. The monoisotopic (exact) mass is 488 g/mol. The van der Waals surface area contributed by atoms with E-state index >= 15 is 0 Å². The summed E-state index contributed by atoms with van der Waals surface area (Å²) >= 11 is 1.25. The number of fused-ring (bicyclic) bond motifs is 2. The lowest BCUT2D eigenvalue weighted by Crippen LogP contribution is -2.23. The largest absolute Gasteiger partial charge is 0.493 e. The molecule has 0 saturated carbocycles. The van der Waals surface area contributed by atoms with E-state index in [-0.39, 0.29) is 18.7 Å². The molecular weight excluding hydrogens is 464 g/mol. The van der Waals surface area contributed by atoms with Gasteiger partial charge in [0.15, 0.2) is 27.8 Å². The zero-order valence-corrected chi connectivity index (χ0v) is 20.0. The van der Waals surface area contributed by atoms with Crippen molar-refractivity contribution in [3.05, 3.63) is 34.6 Å². The summed E-state index contributed by atoms with van der Waals surface area (Å²) in [5, 5.41) is 0. The van der Waals surface area contributed by atoms with Gasteiger partial charge < -0.3 is 33.0 Å². The highest BCUT2D eigenvalue weighted by molar-refractivity contribution is 7.16. The van der Waals surface area contributed by atoms with Crippen LogP contribution in [0.25, 0.3) is 10.2 Å². The summed E-state index contributed by atoms with van der Waals surface area (Å²) in [6.45, 7) is 2.73. The molecule has 0 bridgehead atoms. The highest BCUT2D eigenvalue weighted by Crippen LogP contribution is 2.38. The molecule has 11 heteroatoms. The number of nitrogens with zero attached hydrogens (tertiary/aromatic N) is 2. The molecule has 0 atom stereocenters. The minimum atomic E-state index is -0.541. The third-order valence-corrected chi connectivity index (χ3v) is 6.09. The first-order chi connectivity index (χ1) is 16.5. The average molecular weight is 489 g/mol. The van der Waals surface area contributed by atoms with Crippen molar-refractivity contribution in [2.45, 2.75) is 13.5 Å². The predicted molar refractivity (Wildman–Crippen MR) is 123 cm³/mol. The van der Waals surface area contributed by atoms with Gasteiger partial charge in [-0.25, -0.2) is 0 Å². The van der Waals surface area contributed by atoms with Crippen LogP contribution in [0.15, 0.2) is 29.3 Å². The maximum atomic E-state index is 13.2. The van der Waals surface area contributed by atoms with Crippen molar-refractivity contribution in [3.63, 3.8) is 0 Å². The van der Waals surface area contributed by atoms with Gasteiger partial charge in [0.05, 0.1) is 38.2 Å². The van der Waals surface area contributed by atoms with Crippen LogP contribution in [0.2, 0.25) is 0 Å². The number of thiazole rings is 1. The summed E-state index contributed by atoms with van der Waals surface area (Å²) in [7, 11) is 4.41. The number of rotatable bonds is 7. The van der Waals surface area contributed by atoms with Gasteiger partial charge in [-0.15, -0.1) is 0 Å². The van der Waals surface area contributed by atoms with Crippen molar-refractivity contribution in [2.24, 2.45) is 4.99 Å². The molecule has 0 N–H and O–H groups in total. The van der Waals surface area contributed by atoms with Crippen molar-refractivity contribution < 1.29 is 38.0 Å². The number of amides is 1. The maximum absolute atomic E-state index is 13.2. The summed E-state index contributed by atoms with van der Waals surface area (Å²) in [6, 6.07) is 6.65. The van der Waals surface area contributed by atoms with Crippen molar-refractivity contribution in [3.8, 4) is 28.7 Å². The van der Waals surface area contributed by atoms with E-state index in [0.29, 0.717) is 52.3 Å². The third-order valence-electron chi connectivity index (χ3n) is 5.05. The summed E-state index contributed by atoms with van der Waals surface area (Å²) in [5.41, 5.74) is 0.916. The third kappa shape index (κ3) is 4.51. The van der Waals surface area contributed by atoms with Crippen LogP contribution in [0, 0.1) is 0 Å². The number of hydrogen-bond donors (Lipinski definition) is 0. The molecule has 2 heterocycles.